The van der Waals surface area contributed by atoms with Crippen molar-refractivity contribution < 1.29 is 0 Å². The fourth-order valence-electron chi connectivity index (χ4n) is 2.41. The third kappa shape index (κ3) is 2.48. The molecule has 0 aliphatic rings. The number of hydrogen-bond acceptors (Lipinski definition) is 3. The minimum atomic E-state index is 0.876. The van der Waals surface area contributed by atoms with Gasteiger partial charge >= 0.3 is 0 Å². The molecule has 4 nitrogen and oxygen atoms in total. The summed E-state index contributed by atoms with van der Waals surface area (Å²) >= 11 is 2.22. The number of pyridine rings is 3. The lowest BCUT2D eigenvalue weighted by Gasteiger charge is -2.00. The van der Waals surface area contributed by atoms with Gasteiger partial charge in [-0.05, 0) is 59.0 Å². The van der Waals surface area contributed by atoms with Crippen molar-refractivity contribution in [1.29, 1.82) is 0 Å². The van der Waals surface area contributed by atoms with Gasteiger partial charge in [-0.15, -0.1) is 0 Å². The Labute approximate surface area is 140 Å². The van der Waals surface area contributed by atoms with Crippen molar-refractivity contribution in [2.75, 3.05) is 0 Å². The first-order chi connectivity index (χ1) is 10.8. The van der Waals surface area contributed by atoms with E-state index in [1.807, 2.05) is 36.5 Å². The predicted octanol–water partition coefficient (Wildman–Crippen LogP) is 4.29. The highest BCUT2D eigenvalue weighted by molar-refractivity contribution is 14.1. The lowest BCUT2D eigenvalue weighted by atomic mass is 10.1. The molecule has 4 rings (SSSR count). The Kier molecular flexibility index (Phi) is 3.34. The number of H-pyrrole nitrogens is 1. The van der Waals surface area contributed by atoms with Gasteiger partial charge < -0.3 is 4.98 Å². The first-order valence-electron chi connectivity index (χ1n) is 6.82. The van der Waals surface area contributed by atoms with Crippen LogP contribution in [-0.4, -0.2) is 19.9 Å². The van der Waals surface area contributed by atoms with Crippen molar-refractivity contribution >= 4 is 33.6 Å². The summed E-state index contributed by atoms with van der Waals surface area (Å²) in [5, 5.41) is 1.07. The highest BCUT2D eigenvalue weighted by atomic mass is 127. The first-order valence-corrected chi connectivity index (χ1v) is 7.89. The minimum Gasteiger partial charge on any atom is -0.339 e. The van der Waals surface area contributed by atoms with E-state index in [0.29, 0.717) is 0 Å². The van der Waals surface area contributed by atoms with E-state index < -0.39 is 0 Å². The van der Waals surface area contributed by atoms with Crippen molar-refractivity contribution in [3.05, 3.63) is 64.8 Å². The molecule has 0 aliphatic carbocycles. The lowest BCUT2D eigenvalue weighted by Crippen LogP contribution is -1.87. The largest absolute Gasteiger partial charge is 0.339 e. The Morgan fingerprint density at radius 2 is 1.82 bits per heavy atom. The van der Waals surface area contributed by atoms with Crippen LogP contribution in [0, 0.1) is 3.70 Å². The number of aromatic nitrogens is 4. The molecule has 106 valence electrons. The maximum Gasteiger partial charge on any atom is 0.137 e. The molecular weight excluding hydrogens is 387 g/mol. The zero-order valence-electron chi connectivity index (χ0n) is 11.5. The van der Waals surface area contributed by atoms with Gasteiger partial charge in [0.05, 0.1) is 5.69 Å². The lowest BCUT2D eigenvalue weighted by molar-refractivity contribution is 1.25. The number of aromatic amines is 1. The van der Waals surface area contributed by atoms with Gasteiger partial charge in [-0.3, -0.25) is 4.98 Å². The van der Waals surface area contributed by atoms with Crippen LogP contribution >= 0.6 is 22.6 Å². The van der Waals surface area contributed by atoms with Gasteiger partial charge in [-0.25, -0.2) is 9.97 Å². The third-order valence-electron chi connectivity index (χ3n) is 3.47. The summed E-state index contributed by atoms with van der Waals surface area (Å²) in [4.78, 5) is 16.5. The van der Waals surface area contributed by atoms with Gasteiger partial charge in [-0.2, -0.15) is 0 Å². The van der Waals surface area contributed by atoms with Crippen LogP contribution in [0.2, 0.25) is 0 Å². The van der Waals surface area contributed by atoms with E-state index in [1.54, 1.807) is 12.4 Å². The number of rotatable bonds is 2. The molecule has 0 unspecified atom stereocenters. The number of nitrogens with zero attached hydrogens (tertiary/aromatic N) is 3. The molecule has 0 saturated heterocycles. The van der Waals surface area contributed by atoms with Gasteiger partial charge in [-0.1, -0.05) is 6.07 Å². The van der Waals surface area contributed by atoms with Crippen LogP contribution in [0.25, 0.3) is 33.5 Å². The summed E-state index contributed by atoms with van der Waals surface area (Å²) in [5.41, 5.74) is 4.97. The Bertz CT molecular complexity index is 947. The molecule has 0 atom stereocenters. The molecule has 0 aliphatic heterocycles. The standard InChI is InChI=1S/C17H11IN4/c18-16-3-1-2-14(21-16)13-8-12-9-15(22-17(12)20-10-13)11-4-6-19-7-5-11/h1-10H,(H,20,22). The quantitative estimate of drug-likeness (QED) is 0.405. The van der Waals surface area contributed by atoms with E-state index >= 15 is 0 Å². The molecule has 0 bridgehead atoms. The molecule has 0 radical (unpaired) electrons. The van der Waals surface area contributed by atoms with Gasteiger partial charge in [0.15, 0.2) is 0 Å². The van der Waals surface area contributed by atoms with Crippen LogP contribution in [0.4, 0.5) is 0 Å². The van der Waals surface area contributed by atoms with Crippen LogP contribution in [0.1, 0.15) is 0 Å². The molecule has 1 N–H and O–H groups in total. The van der Waals surface area contributed by atoms with E-state index in [-0.39, 0.29) is 0 Å². The number of hydrogen-bond donors (Lipinski definition) is 1. The molecule has 0 aromatic carbocycles. The summed E-state index contributed by atoms with van der Waals surface area (Å²) in [6.45, 7) is 0. The second kappa shape index (κ2) is 5.49. The fourth-order valence-corrected chi connectivity index (χ4v) is 2.88. The van der Waals surface area contributed by atoms with E-state index in [2.05, 4.69) is 54.7 Å². The highest BCUT2D eigenvalue weighted by Crippen LogP contribution is 2.26. The fraction of sp³-hybridized carbons (Fsp3) is 0. The van der Waals surface area contributed by atoms with Gasteiger partial charge in [0, 0.05) is 40.8 Å². The molecule has 4 aromatic rings. The number of fused-ring (bicyclic) bond motifs is 1. The first kappa shape index (κ1) is 13.4. The van der Waals surface area contributed by atoms with Crippen LogP contribution in [0.15, 0.2) is 61.1 Å². The summed E-state index contributed by atoms with van der Waals surface area (Å²) in [5.74, 6) is 0. The number of halogens is 1. The zero-order valence-corrected chi connectivity index (χ0v) is 13.7. The van der Waals surface area contributed by atoms with Crippen molar-refractivity contribution in [3.63, 3.8) is 0 Å². The van der Waals surface area contributed by atoms with Crippen LogP contribution < -0.4 is 0 Å². The summed E-state index contributed by atoms with van der Waals surface area (Å²) in [7, 11) is 0. The Balaban J connectivity index is 1.82. The molecule has 5 heteroatoms. The molecular formula is C17H11IN4. The maximum atomic E-state index is 4.54. The summed E-state index contributed by atoms with van der Waals surface area (Å²) < 4.78 is 0.974. The summed E-state index contributed by atoms with van der Waals surface area (Å²) in [6.07, 6.45) is 5.43. The van der Waals surface area contributed by atoms with Crippen LogP contribution in [-0.2, 0) is 0 Å². The average Bonchev–Trinajstić information content (AvgIpc) is 2.99. The van der Waals surface area contributed by atoms with Gasteiger partial charge in [0.1, 0.15) is 9.35 Å². The summed E-state index contributed by atoms with van der Waals surface area (Å²) in [6, 6.07) is 14.2. The topological polar surface area (TPSA) is 54.5 Å². The maximum absolute atomic E-state index is 4.54. The molecule has 0 amide bonds. The van der Waals surface area contributed by atoms with Crippen molar-refractivity contribution in [3.8, 4) is 22.5 Å². The molecule has 22 heavy (non-hydrogen) atoms. The second-order valence-corrected chi connectivity index (χ2v) is 6.03. The normalized spacial score (nSPS) is 11.0. The Hall–Kier alpha value is -2.28. The molecule has 0 spiro atoms. The van der Waals surface area contributed by atoms with E-state index in [4.69, 9.17) is 0 Å². The predicted molar refractivity (Wildman–Crippen MR) is 95.3 cm³/mol. The van der Waals surface area contributed by atoms with E-state index in [0.717, 1.165) is 37.2 Å². The van der Waals surface area contributed by atoms with Crippen LogP contribution in [0.5, 0.6) is 0 Å². The second-order valence-electron chi connectivity index (χ2n) is 4.93. The van der Waals surface area contributed by atoms with Crippen molar-refractivity contribution in [2.24, 2.45) is 0 Å². The van der Waals surface area contributed by atoms with E-state index in [1.165, 1.54) is 0 Å². The third-order valence-corrected chi connectivity index (χ3v) is 4.07. The monoisotopic (exact) mass is 398 g/mol. The SMILES string of the molecule is Ic1cccc(-c2cnc3[nH]c(-c4ccncc4)cc3c2)n1. The minimum absolute atomic E-state index is 0.876. The Morgan fingerprint density at radius 3 is 2.64 bits per heavy atom. The Morgan fingerprint density at radius 1 is 0.955 bits per heavy atom. The number of nitrogens with one attached hydrogen (secondary N) is 1. The van der Waals surface area contributed by atoms with Crippen LogP contribution in [0.3, 0.4) is 0 Å². The van der Waals surface area contributed by atoms with Crippen molar-refractivity contribution in [1.82, 2.24) is 19.9 Å². The van der Waals surface area contributed by atoms with Gasteiger partial charge in [0.2, 0.25) is 0 Å². The average molecular weight is 398 g/mol. The van der Waals surface area contributed by atoms with Gasteiger partial charge in [0.25, 0.3) is 0 Å². The smallest absolute Gasteiger partial charge is 0.137 e. The molecule has 4 aromatic heterocycles. The van der Waals surface area contributed by atoms with E-state index in [9.17, 15) is 0 Å². The molecule has 0 fully saturated rings. The highest BCUT2D eigenvalue weighted by Gasteiger charge is 2.07. The molecule has 0 saturated carbocycles. The molecule has 4 heterocycles. The zero-order chi connectivity index (χ0) is 14.9. The van der Waals surface area contributed by atoms with Crippen molar-refractivity contribution in [2.45, 2.75) is 0 Å².